The maximum atomic E-state index is 13.3. The molecule has 1 aromatic rings. The van der Waals surface area contributed by atoms with Crippen molar-refractivity contribution in [2.75, 3.05) is 13.7 Å². The summed E-state index contributed by atoms with van der Waals surface area (Å²) in [6, 6.07) is 4.12. The Bertz CT molecular complexity index is 1220. The van der Waals surface area contributed by atoms with Gasteiger partial charge in [-0.25, -0.2) is 4.79 Å². The van der Waals surface area contributed by atoms with Gasteiger partial charge in [-0.05, 0) is 38.1 Å². The van der Waals surface area contributed by atoms with Crippen LogP contribution >= 0.6 is 0 Å². The molecule has 0 amide bonds. The number of aliphatic hydroxyl groups excluding tert-OH is 7. The highest BCUT2D eigenvalue weighted by atomic mass is 16.8. The molecule has 3 heterocycles. The van der Waals surface area contributed by atoms with Gasteiger partial charge in [0.2, 0.25) is 12.6 Å². The summed E-state index contributed by atoms with van der Waals surface area (Å²) in [6.07, 6.45) is -13.4. The summed E-state index contributed by atoms with van der Waals surface area (Å²) in [5.41, 5.74) is -1.42. The zero-order valence-corrected chi connectivity index (χ0v) is 24.7. The molecule has 0 aromatic heterocycles. The number of hydrogen-bond donors (Lipinski definition) is 8. The van der Waals surface area contributed by atoms with Gasteiger partial charge in [0.15, 0.2) is 17.8 Å². The SMILES string of the molecule is COc1cc(C(=O)O[C@H]2C[C@](C)(O)[C@@H]3[C@@H](O[C@H]4O[C@@H](CO)[C@H](O)[C@@H](O)[C@@H]4O)OC=C[C@H]32)ccc1O[C@H]1O[C@H](C)[C@H](O)[C@H](O)[C@H]1O. The van der Waals surface area contributed by atoms with Crippen LogP contribution in [0.15, 0.2) is 30.5 Å². The van der Waals surface area contributed by atoms with Crippen molar-refractivity contribution in [2.45, 2.75) is 99.7 Å². The number of rotatable bonds is 8. The summed E-state index contributed by atoms with van der Waals surface area (Å²) in [5, 5.41) is 81.7. The predicted octanol–water partition coefficient (Wildman–Crippen LogP) is -2.50. The fourth-order valence-corrected chi connectivity index (χ4v) is 6.22. The number of ether oxygens (including phenoxy) is 7. The largest absolute Gasteiger partial charge is 0.493 e. The first-order chi connectivity index (χ1) is 21.3. The normalized spacial score (nSPS) is 44.5. The first kappa shape index (κ1) is 33.7. The van der Waals surface area contributed by atoms with Gasteiger partial charge >= 0.3 is 5.97 Å². The molecule has 5 rings (SSSR count). The van der Waals surface area contributed by atoms with E-state index in [4.69, 9.17) is 33.2 Å². The van der Waals surface area contributed by atoms with E-state index in [0.717, 1.165) is 0 Å². The van der Waals surface area contributed by atoms with Crippen molar-refractivity contribution in [1.29, 1.82) is 0 Å². The van der Waals surface area contributed by atoms with Crippen molar-refractivity contribution >= 4 is 5.97 Å². The number of hydrogen-bond acceptors (Lipinski definition) is 16. The molecule has 1 saturated carbocycles. The summed E-state index contributed by atoms with van der Waals surface area (Å²) in [4.78, 5) is 13.3. The molecular weight excluding hydrogens is 604 g/mol. The molecule has 45 heavy (non-hydrogen) atoms. The van der Waals surface area contributed by atoms with E-state index in [2.05, 4.69) is 0 Å². The van der Waals surface area contributed by atoms with Gasteiger partial charge in [0, 0.05) is 12.3 Å². The Morgan fingerprint density at radius 3 is 2.31 bits per heavy atom. The first-order valence-corrected chi connectivity index (χ1v) is 14.5. The summed E-state index contributed by atoms with van der Waals surface area (Å²) >= 11 is 0. The van der Waals surface area contributed by atoms with Gasteiger partial charge in [-0.3, -0.25) is 0 Å². The van der Waals surface area contributed by atoms with Crippen LogP contribution in [-0.2, 0) is 23.7 Å². The van der Waals surface area contributed by atoms with Gasteiger partial charge in [0.05, 0.1) is 43.2 Å². The average molecular weight is 645 g/mol. The Morgan fingerprint density at radius 1 is 0.933 bits per heavy atom. The van der Waals surface area contributed by atoms with Gasteiger partial charge in [-0.15, -0.1) is 0 Å². The number of carbonyl (C=O) groups is 1. The standard InChI is InChI=1S/C29H40O16/c1-11-19(31)21(33)23(35)27(41-11)43-14-5-4-12(8-15(14)39-3)25(37)42-16-9-29(2,38)18-13(16)6-7-40-26(18)45-28-24(36)22(34)20(32)17(10-30)44-28/h4-8,11,13,16-24,26-28,30-36,38H,9-10H2,1-3H3/t11-,13+,16+,17+,18+,19+,20+,21+,22-,23-,24+,26-,27-,28-,29+/m1/s1. The van der Waals surface area contributed by atoms with Crippen molar-refractivity contribution in [3.63, 3.8) is 0 Å². The van der Waals surface area contributed by atoms with Crippen molar-refractivity contribution < 1.29 is 78.8 Å². The second-order valence-corrected chi connectivity index (χ2v) is 11.9. The molecular formula is C29H40O16. The first-order valence-electron chi connectivity index (χ1n) is 14.5. The lowest BCUT2D eigenvalue weighted by Gasteiger charge is -2.43. The topological polar surface area (TPSA) is 244 Å². The highest BCUT2D eigenvalue weighted by Gasteiger charge is 2.58. The highest BCUT2D eigenvalue weighted by molar-refractivity contribution is 5.90. The van der Waals surface area contributed by atoms with Gasteiger partial charge < -0.3 is 74.0 Å². The molecule has 1 aliphatic carbocycles. The Kier molecular flexibility index (Phi) is 9.93. The second-order valence-electron chi connectivity index (χ2n) is 11.9. The lowest BCUT2D eigenvalue weighted by Crippen LogP contribution is -2.60. The van der Waals surface area contributed by atoms with Crippen LogP contribution in [0.1, 0.15) is 30.6 Å². The number of methoxy groups -OCH3 is 1. The van der Waals surface area contributed by atoms with Crippen molar-refractivity contribution in [3.05, 3.63) is 36.1 Å². The molecule has 252 valence electrons. The fraction of sp³-hybridized carbons (Fsp3) is 0.690. The molecule has 4 aliphatic rings. The van der Waals surface area contributed by atoms with Crippen LogP contribution in [0.2, 0.25) is 0 Å². The van der Waals surface area contributed by atoms with Crippen molar-refractivity contribution in [2.24, 2.45) is 11.8 Å². The van der Waals surface area contributed by atoms with Gasteiger partial charge in [0.1, 0.15) is 48.8 Å². The van der Waals surface area contributed by atoms with Crippen LogP contribution in [0.3, 0.4) is 0 Å². The lowest BCUT2D eigenvalue weighted by molar-refractivity contribution is -0.346. The van der Waals surface area contributed by atoms with Crippen LogP contribution < -0.4 is 9.47 Å². The quantitative estimate of drug-likeness (QED) is 0.136. The van der Waals surface area contributed by atoms with E-state index in [9.17, 15) is 45.6 Å². The van der Waals surface area contributed by atoms with E-state index in [-0.39, 0.29) is 23.5 Å². The Labute approximate surface area is 257 Å². The summed E-state index contributed by atoms with van der Waals surface area (Å²) in [5.74, 6) is -2.02. The van der Waals surface area contributed by atoms with E-state index in [1.807, 2.05) is 0 Å². The molecule has 0 radical (unpaired) electrons. The second kappa shape index (κ2) is 13.2. The molecule has 2 saturated heterocycles. The molecule has 16 nitrogen and oxygen atoms in total. The van der Waals surface area contributed by atoms with Gasteiger partial charge in [-0.2, -0.15) is 0 Å². The van der Waals surface area contributed by atoms with E-state index in [0.29, 0.717) is 0 Å². The number of aliphatic hydroxyl groups is 8. The molecule has 0 unspecified atom stereocenters. The minimum atomic E-state index is -1.69. The molecule has 15 atom stereocenters. The van der Waals surface area contributed by atoms with Crippen molar-refractivity contribution in [3.8, 4) is 11.5 Å². The molecule has 0 bridgehead atoms. The third kappa shape index (κ3) is 6.50. The van der Waals surface area contributed by atoms with Crippen LogP contribution in [0, 0.1) is 11.8 Å². The number of esters is 1. The average Bonchev–Trinajstić information content (AvgIpc) is 3.28. The Morgan fingerprint density at radius 2 is 1.62 bits per heavy atom. The smallest absolute Gasteiger partial charge is 0.338 e. The van der Waals surface area contributed by atoms with Gasteiger partial charge in [0.25, 0.3) is 0 Å². The maximum Gasteiger partial charge on any atom is 0.338 e. The molecule has 16 heteroatoms. The van der Waals surface area contributed by atoms with Crippen molar-refractivity contribution in [1.82, 2.24) is 0 Å². The number of benzene rings is 1. The van der Waals surface area contributed by atoms with E-state index in [1.54, 1.807) is 6.08 Å². The zero-order chi connectivity index (χ0) is 32.8. The van der Waals surface area contributed by atoms with E-state index < -0.39 is 104 Å². The summed E-state index contributed by atoms with van der Waals surface area (Å²) < 4.78 is 39.1. The Balaban J connectivity index is 1.27. The fourth-order valence-electron chi connectivity index (χ4n) is 6.22. The molecule has 0 spiro atoms. The number of fused-ring (bicyclic) bond motifs is 1. The minimum Gasteiger partial charge on any atom is -0.493 e. The van der Waals surface area contributed by atoms with Crippen LogP contribution in [-0.4, -0.2) is 140 Å². The molecule has 3 aliphatic heterocycles. The summed E-state index contributed by atoms with van der Waals surface area (Å²) in [7, 11) is 1.33. The van der Waals surface area contributed by atoms with Crippen LogP contribution in [0.25, 0.3) is 0 Å². The monoisotopic (exact) mass is 644 g/mol. The predicted molar refractivity (Wildman–Crippen MR) is 146 cm³/mol. The number of carbonyl (C=O) groups excluding carboxylic acids is 1. The molecule has 3 fully saturated rings. The molecule has 1 aromatic carbocycles. The third-order valence-electron chi connectivity index (χ3n) is 8.81. The minimum absolute atomic E-state index is 0.0160. The Hall–Kier alpha value is -2.61. The van der Waals surface area contributed by atoms with E-state index in [1.165, 1.54) is 45.4 Å². The molecule has 8 N–H and O–H groups in total. The van der Waals surface area contributed by atoms with Crippen LogP contribution in [0.5, 0.6) is 11.5 Å². The summed E-state index contributed by atoms with van der Waals surface area (Å²) in [6.45, 7) is 2.37. The van der Waals surface area contributed by atoms with Crippen LogP contribution in [0.4, 0.5) is 0 Å². The maximum absolute atomic E-state index is 13.3. The van der Waals surface area contributed by atoms with E-state index >= 15 is 0 Å². The lowest BCUT2D eigenvalue weighted by atomic mass is 9.85. The zero-order valence-electron chi connectivity index (χ0n) is 24.7. The van der Waals surface area contributed by atoms with Gasteiger partial charge in [-0.1, -0.05) is 0 Å². The third-order valence-corrected chi connectivity index (χ3v) is 8.81. The highest BCUT2D eigenvalue weighted by Crippen LogP contribution is 2.48.